The average Bonchev–Trinajstić information content (AvgIpc) is 2.31. The van der Waals surface area contributed by atoms with Gasteiger partial charge in [0, 0.05) is 0 Å². The van der Waals surface area contributed by atoms with Crippen LogP contribution in [-0.4, -0.2) is 13.2 Å². The number of benzene rings is 1. The SMILES string of the molecule is CCOP(=O)(O/C=C/c1ccccc1)OCC. The highest BCUT2D eigenvalue weighted by molar-refractivity contribution is 7.48. The van der Waals surface area contributed by atoms with E-state index < -0.39 is 7.82 Å². The molecule has 0 saturated carbocycles. The van der Waals surface area contributed by atoms with Crippen molar-refractivity contribution in [1.29, 1.82) is 0 Å². The van der Waals surface area contributed by atoms with Gasteiger partial charge in [-0.15, -0.1) is 0 Å². The van der Waals surface area contributed by atoms with Gasteiger partial charge >= 0.3 is 7.82 Å². The molecule has 0 aliphatic rings. The van der Waals surface area contributed by atoms with Gasteiger partial charge in [-0.3, -0.25) is 9.05 Å². The highest BCUT2D eigenvalue weighted by Crippen LogP contribution is 2.49. The van der Waals surface area contributed by atoms with E-state index in [2.05, 4.69) is 0 Å². The molecule has 4 nitrogen and oxygen atoms in total. The average molecular weight is 256 g/mol. The summed E-state index contributed by atoms with van der Waals surface area (Å²) in [5.41, 5.74) is 0.951. The highest BCUT2D eigenvalue weighted by atomic mass is 31.2. The summed E-state index contributed by atoms with van der Waals surface area (Å²) in [7, 11) is -3.44. The van der Waals surface area contributed by atoms with E-state index in [1.54, 1.807) is 19.9 Å². The van der Waals surface area contributed by atoms with Gasteiger partial charge in [0.2, 0.25) is 0 Å². The molecule has 0 amide bonds. The molecule has 0 N–H and O–H groups in total. The molecule has 0 aliphatic carbocycles. The maximum absolute atomic E-state index is 11.9. The Balaban J connectivity index is 2.58. The van der Waals surface area contributed by atoms with Crippen molar-refractivity contribution in [2.45, 2.75) is 13.8 Å². The Morgan fingerprint density at radius 1 is 1.12 bits per heavy atom. The molecule has 0 atom stereocenters. The molecular formula is C12H17O4P. The molecule has 0 heterocycles. The molecule has 1 aromatic carbocycles. The summed E-state index contributed by atoms with van der Waals surface area (Å²) in [6.07, 6.45) is 3.03. The quantitative estimate of drug-likeness (QED) is 0.549. The lowest BCUT2D eigenvalue weighted by molar-refractivity contribution is 0.154. The second-order valence-corrected chi connectivity index (χ2v) is 4.72. The monoisotopic (exact) mass is 256 g/mol. The van der Waals surface area contributed by atoms with Gasteiger partial charge in [-0.2, -0.15) is 0 Å². The summed E-state index contributed by atoms with van der Waals surface area (Å²) in [6.45, 7) is 4.01. The summed E-state index contributed by atoms with van der Waals surface area (Å²) in [4.78, 5) is 0. The van der Waals surface area contributed by atoms with Crippen LogP contribution in [0.2, 0.25) is 0 Å². The first-order chi connectivity index (χ1) is 8.20. The maximum Gasteiger partial charge on any atom is 0.529 e. The zero-order valence-corrected chi connectivity index (χ0v) is 10.9. The van der Waals surface area contributed by atoms with Crippen LogP contribution in [0, 0.1) is 0 Å². The minimum atomic E-state index is -3.44. The van der Waals surface area contributed by atoms with Crippen LogP contribution in [0.3, 0.4) is 0 Å². The van der Waals surface area contributed by atoms with Crippen LogP contribution in [0.15, 0.2) is 36.6 Å². The Bertz CT molecular complexity index is 379. The van der Waals surface area contributed by atoms with Crippen molar-refractivity contribution in [3.8, 4) is 0 Å². The summed E-state index contributed by atoms with van der Waals surface area (Å²) >= 11 is 0. The van der Waals surface area contributed by atoms with Crippen molar-refractivity contribution in [3.63, 3.8) is 0 Å². The predicted octanol–water partition coefficient (Wildman–Crippen LogP) is 3.86. The summed E-state index contributed by atoms with van der Waals surface area (Å²) in [6, 6.07) is 9.55. The molecule has 0 bridgehead atoms. The lowest BCUT2D eigenvalue weighted by Crippen LogP contribution is -1.96. The van der Waals surface area contributed by atoms with Crippen molar-refractivity contribution in [1.82, 2.24) is 0 Å². The minimum absolute atomic E-state index is 0.274. The van der Waals surface area contributed by atoms with Crippen molar-refractivity contribution >= 4 is 13.9 Å². The second-order valence-electron chi connectivity index (χ2n) is 3.10. The van der Waals surface area contributed by atoms with E-state index in [1.807, 2.05) is 30.3 Å². The zero-order chi connectivity index (χ0) is 12.6. The van der Waals surface area contributed by atoms with E-state index in [9.17, 15) is 4.57 Å². The van der Waals surface area contributed by atoms with E-state index in [0.717, 1.165) is 5.56 Å². The van der Waals surface area contributed by atoms with Crippen LogP contribution in [0.5, 0.6) is 0 Å². The van der Waals surface area contributed by atoms with Gasteiger partial charge in [0.05, 0.1) is 19.5 Å². The van der Waals surface area contributed by atoms with Gasteiger partial charge in [-0.25, -0.2) is 4.57 Å². The molecule has 1 aromatic rings. The third-order valence-corrected chi connectivity index (χ3v) is 3.35. The van der Waals surface area contributed by atoms with Gasteiger partial charge in [-0.1, -0.05) is 30.3 Å². The first-order valence-electron chi connectivity index (χ1n) is 5.49. The molecule has 0 unspecified atom stereocenters. The molecule has 94 valence electrons. The Kier molecular flexibility index (Phi) is 5.98. The maximum atomic E-state index is 11.9. The molecule has 0 aromatic heterocycles. The minimum Gasteiger partial charge on any atom is -0.412 e. The van der Waals surface area contributed by atoms with Crippen molar-refractivity contribution in [3.05, 3.63) is 42.2 Å². The van der Waals surface area contributed by atoms with Crippen molar-refractivity contribution in [2.24, 2.45) is 0 Å². The topological polar surface area (TPSA) is 44.8 Å². The summed E-state index contributed by atoms with van der Waals surface area (Å²) in [5.74, 6) is 0. The lowest BCUT2D eigenvalue weighted by Gasteiger charge is -2.14. The fourth-order valence-electron chi connectivity index (χ4n) is 1.16. The number of hydrogen-bond donors (Lipinski definition) is 0. The molecule has 0 aliphatic heterocycles. The van der Waals surface area contributed by atoms with Crippen LogP contribution in [0.1, 0.15) is 19.4 Å². The van der Waals surface area contributed by atoms with Crippen LogP contribution >= 0.6 is 7.82 Å². The fraction of sp³-hybridized carbons (Fsp3) is 0.333. The summed E-state index contributed by atoms with van der Waals surface area (Å²) < 4.78 is 26.9. The van der Waals surface area contributed by atoms with Crippen LogP contribution in [-0.2, 0) is 18.1 Å². The van der Waals surface area contributed by atoms with Gasteiger partial charge in [0.1, 0.15) is 0 Å². The van der Waals surface area contributed by atoms with Gasteiger partial charge in [0.15, 0.2) is 0 Å². The number of phosphoric acid groups is 1. The standard InChI is InChI=1S/C12H17O4P/c1-3-14-17(13,15-4-2)16-11-10-12-8-6-5-7-9-12/h5-11H,3-4H2,1-2H3/b11-10+. The van der Waals surface area contributed by atoms with E-state index >= 15 is 0 Å². The molecule has 1 rings (SSSR count). The Morgan fingerprint density at radius 3 is 2.24 bits per heavy atom. The van der Waals surface area contributed by atoms with E-state index in [4.69, 9.17) is 13.6 Å². The molecule has 0 spiro atoms. The van der Waals surface area contributed by atoms with Crippen LogP contribution in [0.25, 0.3) is 6.08 Å². The number of phosphoric ester groups is 1. The molecule has 0 radical (unpaired) electrons. The number of hydrogen-bond acceptors (Lipinski definition) is 4. The van der Waals surface area contributed by atoms with Crippen molar-refractivity contribution in [2.75, 3.05) is 13.2 Å². The van der Waals surface area contributed by atoms with Crippen molar-refractivity contribution < 1.29 is 18.1 Å². The van der Waals surface area contributed by atoms with Crippen LogP contribution < -0.4 is 0 Å². The smallest absolute Gasteiger partial charge is 0.412 e. The Labute approximate surface area is 102 Å². The van der Waals surface area contributed by atoms with Gasteiger partial charge < -0.3 is 4.52 Å². The first kappa shape index (κ1) is 14.0. The molecule has 0 fully saturated rings. The second kappa shape index (κ2) is 7.28. The Hall–Kier alpha value is -1.09. The third-order valence-electron chi connectivity index (χ3n) is 1.82. The number of rotatable bonds is 7. The normalized spacial score (nSPS) is 11.9. The predicted molar refractivity (Wildman–Crippen MR) is 67.4 cm³/mol. The Morgan fingerprint density at radius 2 is 1.71 bits per heavy atom. The van der Waals surface area contributed by atoms with E-state index in [1.165, 1.54) is 6.26 Å². The van der Waals surface area contributed by atoms with E-state index in [0.29, 0.717) is 0 Å². The first-order valence-corrected chi connectivity index (χ1v) is 6.95. The van der Waals surface area contributed by atoms with Crippen LogP contribution in [0.4, 0.5) is 0 Å². The molecule has 5 heteroatoms. The van der Waals surface area contributed by atoms with Gasteiger partial charge in [0.25, 0.3) is 0 Å². The lowest BCUT2D eigenvalue weighted by atomic mass is 10.2. The summed E-state index contributed by atoms with van der Waals surface area (Å²) in [5, 5.41) is 0. The fourth-order valence-corrected chi connectivity index (χ4v) is 2.20. The highest BCUT2D eigenvalue weighted by Gasteiger charge is 2.24. The largest absolute Gasteiger partial charge is 0.529 e. The van der Waals surface area contributed by atoms with E-state index in [-0.39, 0.29) is 13.2 Å². The molecule has 17 heavy (non-hydrogen) atoms. The third kappa shape index (κ3) is 5.18. The molecular weight excluding hydrogens is 239 g/mol. The van der Waals surface area contributed by atoms with Gasteiger partial charge in [-0.05, 0) is 25.5 Å². The molecule has 0 saturated heterocycles. The zero-order valence-electron chi connectivity index (χ0n) is 10.0.